The van der Waals surface area contributed by atoms with Crippen molar-refractivity contribution in [2.45, 2.75) is 13.3 Å². The Morgan fingerprint density at radius 3 is 2.48 bits per heavy atom. The van der Waals surface area contributed by atoms with Gasteiger partial charge in [-0.15, -0.1) is 0 Å². The van der Waals surface area contributed by atoms with Gasteiger partial charge in [0.2, 0.25) is 5.91 Å². The quantitative estimate of drug-likeness (QED) is 0.256. The summed E-state index contributed by atoms with van der Waals surface area (Å²) in [5, 5.41) is 3.99. The van der Waals surface area contributed by atoms with Crippen molar-refractivity contribution in [2.24, 2.45) is 5.10 Å². The SMILES string of the molecule is Cc1ccc(C(=O)Oc2ccc(Br)cc2/C=N\NC(=O)Cc2ccccc2)cc1. The molecule has 0 aliphatic heterocycles. The summed E-state index contributed by atoms with van der Waals surface area (Å²) in [5.74, 6) is -0.351. The minimum atomic E-state index is -0.463. The first-order chi connectivity index (χ1) is 14.0. The largest absolute Gasteiger partial charge is 0.422 e. The van der Waals surface area contributed by atoms with E-state index in [1.54, 1.807) is 30.3 Å². The number of hydrazone groups is 1. The van der Waals surface area contributed by atoms with Crippen LogP contribution in [0.1, 0.15) is 27.0 Å². The summed E-state index contributed by atoms with van der Waals surface area (Å²) in [6, 6.07) is 21.7. The first kappa shape index (κ1) is 20.5. The molecule has 0 atom stereocenters. The third-order valence-corrected chi connectivity index (χ3v) is 4.56. The van der Waals surface area contributed by atoms with E-state index in [0.717, 1.165) is 15.6 Å². The molecule has 5 nitrogen and oxygen atoms in total. The van der Waals surface area contributed by atoms with Gasteiger partial charge in [-0.1, -0.05) is 64.0 Å². The molecule has 0 bridgehead atoms. The molecule has 1 N–H and O–H groups in total. The van der Waals surface area contributed by atoms with Gasteiger partial charge in [-0.05, 0) is 42.8 Å². The van der Waals surface area contributed by atoms with Gasteiger partial charge in [0.15, 0.2) is 0 Å². The monoisotopic (exact) mass is 450 g/mol. The number of amides is 1. The lowest BCUT2D eigenvalue weighted by Gasteiger charge is -2.08. The van der Waals surface area contributed by atoms with Crippen LogP contribution in [0.5, 0.6) is 5.75 Å². The average molecular weight is 451 g/mol. The van der Waals surface area contributed by atoms with E-state index < -0.39 is 5.97 Å². The topological polar surface area (TPSA) is 67.8 Å². The fraction of sp³-hybridized carbons (Fsp3) is 0.0870. The molecule has 0 heterocycles. The number of hydrogen-bond donors (Lipinski definition) is 1. The van der Waals surface area contributed by atoms with Gasteiger partial charge in [-0.25, -0.2) is 10.2 Å². The van der Waals surface area contributed by atoms with E-state index in [2.05, 4.69) is 26.5 Å². The van der Waals surface area contributed by atoms with Crippen LogP contribution in [0.3, 0.4) is 0 Å². The highest BCUT2D eigenvalue weighted by atomic mass is 79.9. The fourth-order valence-electron chi connectivity index (χ4n) is 2.56. The van der Waals surface area contributed by atoms with Crippen molar-refractivity contribution >= 4 is 34.0 Å². The lowest BCUT2D eigenvalue weighted by atomic mass is 10.1. The van der Waals surface area contributed by atoms with E-state index >= 15 is 0 Å². The Morgan fingerprint density at radius 2 is 1.76 bits per heavy atom. The summed E-state index contributed by atoms with van der Waals surface area (Å²) in [4.78, 5) is 24.4. The highest BCUT2D eigenvalue weighted by Crippen LogP contribution is 2.23. The third kappa shape index (κ3) is 6.12. The Bertz CT molecular complexity index is 1030. The fourth-order valence-corrected chi connectivity index (χ4v) is 2.93. The highest BCUT2D eigenvalue weighted by Gasteiger charge is 2.11. The maximum absolute atomic E-state index is 12.4. The van der Waals surface area contributed by atoms with Crippen molar-refractivity contribution in [3.8, 4) is 5.75 Å². The first-order valence-electron chi connectivity index (χ1n) is 8.95. The molecule has 0 fully saturated rings. The standard InChI is InChI=1S/C23H19BrN2O3/c1-16-7-9-18(10-8-16)23(28)29-21-12-11-20(24)14-19(21)15-25-26-22(27)13-17-5-3-2-4-6-17/h2-12,14-15H,13H2,1H3,(H,26,27)/b25-15-. The number of nitrogens with zero attached hydrogens (tertiary/aromatic N) is 1. The molecule has 3 aromatic rings. The van der Waals surface area contributed by atoms with Gasteiger partial charge in [0, 0.05) is 10.0 Å². The highest BCUT2D eigenvalue weighted by molar-refractivity contribution is 9.10. The number of halogens is 1. The molecular formula is C23H19BrN2O3. The molecule has 146 valence electrons. The number of ether oxygens (including phenoxy) is 1. The smallest absolute Gasteiger partial charge is 0.343 e. The lowest BCUT2D eigenvalue weighted by molar-refractivity contribution is -0.120. The molecule has 0 aromatic heterocycles. The molecule has 0 unspecified atom stereocenters. The third-order valence-electron chi connectivity index (χ3n) is 4.06. The zero-order valence-electron chi connectivity index (χ0n) is 15.8. The van der Waals surface area contributed by atoms with Gasteiger partial charge >= 0.3 is 5.97 Å². The Morgan fingerprint density at radius 1 is 1.03 bits per heavy atom. The summed E-state index contributed by atoms with van der Waals surface area (Å²) in [6.45, 7) is 1.95. The van der Waals surface area contributed by atoms with E-state index in [4.69, 9.17) is 4.74 Å². The van der Waals surface area contributed by atoms with Gasteiger partial charge < -0.3 is 4.74 Å². The van der Waals surface area contributed by atoms with E-state index in [9.17, 15) is 9.59 Å². The minimum Gasteiger partial charge on any atom is -0.422 e. The summed E-state index contributed by atoms with van der Waals surface area (Å²) < 4.78 is 6.31. The second kappa shape index (κ2) is 9.80. The predicted molar refractivity (Wildman–Crippen MR) is 116 cm³/mol. The number of carbonyl (C=O) groups is 2. The van der Waals surface area contributed by atoms with Crippen molar-refractivity contribution < 1.29 is 14.3 Å². The van der Waals surface area contributed by atoms with Crippen LogP contribution in [0, 0.1) is 6.92 Å². The van der Waals surface area contributed by atoms with Crippen LogP contribution < -0.4 is 10.2 Å². The Labute approximate surface area is 177 Å². The molecule has 6 heteroatoms. The van der Waals surface area contributed by atoms with Crippen LogP contribution in [-0.2, 0) is 11.2 Å². The van der Waals surface area contributed by atoms with E-state index in [1.165, 1.54) is 6.21 Å². The second-order valence-electron chi connectivity index (χ2n) is 6.39. The normalized spacial score (nSPS) is 10.7. The van der Waals surface area contributed by atoms with Crippen molar-refractivity contribution in [1.82, 2.24) is 5.43 Å². The van der Waals surface area contributed by atoms with Crippen LogP contribution in [0.4, 0.5) is 0 Å². The number of nitrogens with one attached hydrogen (secondary N) is 1. The second-order valence-corrected chi connectivity index (χ2v) is 7.31. The zero-order chi connectivity index (χ0) is 20.6. The summed E-state index contributed by atoms with van der Waals surface area (Å²) in [5.41, 5.74) is 5.46. The van der Waals surface area contributed by atoms with Gasteiger partial charge in [-0.3, -0.25) is 4.79 Å². The van der Waals surface area contributed by atoms with Crippen LogP contribution in [0.15, 0.2) is 82.4 Å². The molecule has 0 saturated heterocycles. The number of aryl methyl sites for hydroxylation is 1. The predicted octanol–water partition coefficient (Wildman–Crippen LogP) is 4.67. The molecule has 0 aliphatic carbocycles. The molecule has 0 aliphatic rings. The van der Waals surface area contributed by atoms with Gasteiger partial charge in [0.05, 0.1) is 18.2 Å². The molecule has 29 heavy (non-hydrogen) atoms. The van der Waals surface area contributed by atoms with Crippen molar-refractivity contribution in [3.05, 3.63) is 99.5 Å². The van der Waals surface area contributed by atoms with Crippen molar-refractivity contribution in [2.75, 3.05) is 0 Å². The number of rotatable bonds is 6. The van der Waals surface area contributed by atoms with Crippen molar-refractivity contribution in [1.29, 1.82) is 0 Å². The molecule has 0 saturated carbocycles. The zero-order valence-corrected chi connectivity index (χ0v) is 17.3. The van der Waals surface area contributed by atoms with Crippen LogP contribution in [-0.4, -0.2) is 18.1 Å². The van der Waals surface area contributed by atoms with E-state index in [-0.39, 0.29) is 12.3 Å². The molecule has 3 rings (SSSR count). The van der Waals surface area contributed by atoms with Crippen LogP contribution in [0.2, 0.25) is 0 Å². The number of esters is 1. The Hall–Kier alpha value is -3.25. The molecule has 3 aromatic carbocycles. The Balaban J connectivity index is 1.68. The maximum atomic E-state index is 12.4. The van der Waals surface area contributed by atoms with E-state index in [1.807, 2.05) is 49.4 Å². The number of hydrogen-bond acceptors (Lipinski definition) is 4. The molecule has 1 amide bonds. The average Bonchev–Trinajstić information content (AvgIpc) is 2.71. The molecule has 0 spiro atoms. The molecular weight excluding hydrogens is 432 g/mol. The number of benzene rings is 3. The van der Waals surface area contributed by atoms with Gasteiger partial charge in [-0.2, -0.15) is 5.10 Å². The van der Waals surface area contributed by atoms with Crippen LogP contribution >= 0.6 is 15.9 Å². The Kier molecular flexibility index (Phi) is 6.92. The van der Waals surface area contributed by atoms with Crippen molar-refractivity contribution in [3.63, 3.8) is 0 Å². The molecule has 0 radical (unpaired) electrons. The maximum Gasteiger partial charge on any atom is 0.343 e. The van der Waals surface area contributed by atoms with Gasteiger partial charge in [0.25, 0.3) is 0 Å². The number of carbonyl (C=O) groups excluding carboxylic acids is 2. The van der Waals surface area contributed by atoms with Gasteiger partial charge in [0.1, 0.15) is 5.75 Å². The van der Waals surface area contributed by atoms with Crippen LogP contribution in [0.25, 0.3) is 0 Å². The minimum absolute atomic E-state index is 0.228. The lowest BCUT2D eigenvalue weighted by Crippen LogP contribution is -2.19. The first-order valence-corrected chi connectivity index (χ1v) is 9.75. The summed E-state index contributed by atoms with van der Waals surface area (Å²) in [7, 11) is 0. The summed E-state index contributed by atoms with van der Waals surface area (Å²) in [6.07, 6.45) is 1.68. The van der Waals surface area contributed by atoms with E-state index in [0.29, 0.717) is 16.9 Å². The summed E-state index contributed by atoms with van der Waals surface area (Å²) >= 11 is 3.39.